The molecule has 0 amide bonds. The number of esters is 1. The maximum Gasteiger partial charge on any atom is 0.330 e. The first-order chi connectivity index (χ1) is 12.8. The third-order valence-electron chi connectivity index (χ3n) is 3.94. The van der Waals surface area contributed by atoms with Crippen molar-refractivity contribution in [3.63, 3.8) is 0 Å². The van der Waals surface area contributed by atoms with Crippen LogP contribution in [0.4, 0.5) is 0 Å². The van der Waals surface area contributed by atoms with Gasteiger partial charge in [-0.1, -0.05) is 23.7 Å². The molecule has 0 aromatic heterocycles. The molecule has 2 aromatic carbocycles. The van der Waals surface area contributed by atoms with E-state index >= 15 is 0 Å². The predicted octanol–water partition coefficient (Wildman–Crippen LogP) is 2.52. The molecular weight excluding hydrogens is 392 g/mol. The Morgan fingerprint density at radius 1 is 1.26 bits per heavy atom. The molecule has 0 aliphatic carbocycles. The summed E-state index contributed by atoms with van der Waals surface area (Å²) in [4.78, 5) is 16.6. The van der Waals surface area contributed by atoms with Crippen LogP contribution in [0.5, 0.6) is 5.75 Å². The second-order valence-corrected chi connectivity index (χ2v) is 7.91. The van der Waals surface area contributed by atoms with Gasteiger partial charge in [-0.15, -0.1) is 0 Å². The quantitative estimate of drug-likeness (QED) is 0.767. The number of hydrogen-bond donors (Lipinski definition) is 1. The average molecular weight is 409 g/mol. The number of hydrogen-bond acceptors (Lipinski definition) is 6. The predicted molar refractivity (Wildman–Crippen MR) is 101 cm³/mol. The number of nitrogens with zero attached hydrogens (tertiary/aromatic N) is 1. The zero-order chi connectivity index (χ0) is 19.6. The van der Waals surface area contributed by atoms with E-state index in [1.54, 1.807) is 36.4 Å². The third kappa shape index (κ3) is 4.06. The molecule has 1 N–H and O–H groups in total. The molecule has 0 unspecified atom stereocenters. The molecule has 1 heterocycles. The molecular formula is C18H17ClN2O5S. The number of methoxy groups -OCH3 is 1. The van der Waals surface area contributed by atoms with E-state index < -0.39 is 22.0 Å². The van der Waals surface area contributed by atoms with Gasteiger partial charge in [0.15, 0.2) is 0 Å². The molecule has 0 saturated heterocycles. The highest BCUT2D eigenvalue weighted by Gasteiger charge is 2.31. The van der Waals surface area contributed by atoms with Gasteiger partial charge < -0.3 is 9.47 Å². The van der Waals surface area contributed by atoms with Crippen LogP contribution in [0.15, 0.2) is 52.4 Å². The molecule has 0 fully saturated rings. The van der Waals surface area contributed by atoms with Crippen molar-refractivity contribution < 1.29 is 22.7 Å². The Balaban J connectivity index is 1.74. The first kappa shape index (κ1) is 19.2. The summed E-state index contributed by atoms with van der Waals surface area (Å²) in [5.74, 6) is 0.0622. The van der Waals surface area contributed by atoms with Crippen molar-refractivity contribution in [2.24, 2.45) is 4.99 Å². The fourth-order valence-electron chi connectivity index (χ4n) is 2.61. The summed E-state index contributed by atoms with van der Waals surface area (Å²) in [6.45, 7) is 1.49. The molecule has 0 radical (unpaired) electrons. The highest BCUT2D eigenvalue weighted by atomic mass is 35.5. The minimum atomic E-state index is -3.66. The second kappa shape index (κ2) is 7.58. The number of carbonyl (C=O) groups excluding carboxylic acids is 1. The number of ether oxygens (including phenoxy) is 2. The molecule has 9 heteroatoms. The molecule has 1 atom stereocenters. The molecule has 27 heavy (non-hydrogen) atoms. The summed E-state index contributed by atoms with van der Waals surface area (Å²) in [7, 11) is -2.15. The van der Waals surface area contributed by atoms with E-state index in [9.17, 15) is 13.2 Å². The van der Waals surface area contributed by atoms with Crippen LogP contribution in [0.25, 0.3) is 0 Å². The van der Waals surface area contributed by atoms with Gasteiger partial charge >= 0.3 is 5.97 Å². The smallest absolute Gasteiger partial charge is 0.330 e. The van der Waals surface area contributed by atoms with Crippen LogP contribution in [0.2, 0.25) is 5.02 Å². The zero-order valence-corrected chi connectivity index (χ0v) is 16.2. The number of nitrogens with one attached hydrogen (secondary N) is 1. The van der Waals surface area contributed by atoms with Crippen LogP contribution < -0.4 is 9.46 Å². The number of rotatable bonds is 5. The van der Waals surface area contributed by atoms with E-state index in [1.807, 2.05) is 0 Å². The highest BCUT2D eigenvalue weighted by Crippen LogP contribution is 2.24. The summed E-state index contributed by atoms with van der Waals surface area (Å²) >= 11 is 5.96. The van der Waals surface area contributed by atoms with E-state index in [0.29, 0.717) is 21.9 Å². The van der Waals surface area contributed by atoms with Gasteiger partial charge in [0.05, 0.1) is 12.0 Å². The van der Waals surface area contributed by atoms with Gasteiger partial charge in [-0.05, 0) is 37.3 Å². The highest BCUT2D eigenvalue weighted by molar-refractivity contribution is 7.90. The molecule has 7 nitrogen and oxygen atoms in total. The zero-order valence-electron chi connectivity index (χ0n) is 14.6. The number of fused-ring (bicyclic) bond motifs is 1. The van der Waals surface area contributed by atoms with Crippen LogP contribution in [0.3, 0.4) is 0 Å². The Labute approximate surface area is 162 Å². The Morgan fingerprint density at radius 3 is 2.74 bits per heavy atom. The molecule has 1 aliphatic rings. The first-order valence-corrected chi connectivity index (χ1v) is 9.87. The largest absolute Gasteiger partial charge is 0.496 e. The van der Waals surface area contributed by atoms with Crippen LogP contribution in [0, 0.1) is 0 Å². The number of sulfonamides is 1. The maximum atomic E-state index is 12.3. The summed E-state index contributed by atoms with van der Waals surface area (Å²) in [6.07, 6.45) is 0. The molecule has 3 rings (SSSR count). The van der Waals surface area contributed by atoms with Crippen molar-refractivity contribution in [2.45, 2.75) is 24.5 Å². The maximum absolute atomic E-state index is 12.3. The summed E-state index contributed by atoms with van der Waals surface area (Å²) in [6, 6.07) is 10.5. The monoisotopic (exact) mass is 408 g/mol. The van der Waals surface area contributed by atoms with Crippen LogP contribution in [-0.4, -0.2) is 33.4 Å². The lowest BCUT2D eigenvalue weighted by Crippen LogP contribution is -2.26. The second-order valence-electron chi connectivity index (χ2n) is 5.82. The van der Waals surface area contributed by atoms with Crippen LogP contribution >= 0.6 is 11.6 Å². The molecule has 2 aromatic rings. The summed E-state index contributed by atoms with van der Waals surface area (Å²) in [5, 5.41) is 0.493. The van der Waals surface area contributed by atoms with Gasteiger partial charge in [-0.25, -0.2) is 13.2 Å². The lowest BCUT2D eigenvalue weighted by molar-refractivity contribution is -0.146. The van der Waals surface area contributed by atoms with Crippen molar-refractivity contribution >= 4 is 33.4 Å². The summed E-state index contributed by atoms with van der Waals surface area (Å²) < 4.78 is 37.0. The number of amidine groups is 1. The van der Waals surface area contributed by atoms with Crippen molar-refractivity contribution in [1.82, 2.24) is 4.72 Å². The molecule has 0 bridgehead atoms. The Kier molecular flexibility index (Phi) is 5.38. The molecule has 1 aliphatic heterocycles. The van der Waals surface area contributed by atoms with Crippen molar-refractivity contribution in [3.05, 3.63) is 58.6 Å². The minimum Gasteiger partial charge on any atom is -0.496 e. The van der Waals surface area contributed by atoms with Crippen molar-refractivity contribution in [2.75, 3.05) is 7.11 Å². The number of aliphatic imine (C=N–C) groups is 1. The number of carbonyl (C=O) groups is 1. The van der Waals surface area contributed by atoms with E-state index in [-0.39, 0.29) is 17.3 Å². The SMILES string of the molecule is COc1ccc(Cl)cc1COC(=O)[C@H](C)N=C1NS(=O)(=O)c2ccccc21. The Bertz CT molecular complexity index is 1020. The van der Waals surface area contributed by atoms with E-state index in [4.69, 9.17) is 21.1 Å². The van der Waals surface area contributed by atoms with Crippen molar-refractivity contribution in [1.29, 1.82) is 0 Å². The molecule has 0 spiro atoms. The number of halogens is 1. The normalized spacial score (nSPS) is 17.1. The van der Waals surface area contributed by atoms with Gasteiger partial charge in [0, 0.05) is 16.1 Å². The van der Waals surface area contributed by atoms with Crippen LogP contribution in [-0.2, 0) is 26.2 Å². The lowest BCUT2D eigenvalue weighted by Gasteiger charge is -2.12. The topological polar surface area (TPSA) is 94.1 Å². The van der Waals surface area contributed by atoms with Gasteiger partial charge in [0.1, 0.15) is 24.2 Å². The fourth-order valence-corrected chi connectivity index (χ4v) is 4.04. The van der Waals surface area contributed by atoms with Gasteiger partial charge in [-0.3, -0.25) is 9.71 Å². The fraction of sp³-hybridized carbons (Fsp3) is 0.222. The van der Waals surface area contributed by atoms with E-state index in [2.05, 4.69) is 9.71 Å². The number of benzene rings is 2. The van der Waals surface area contributed by atoms with Gasteiger partial charge in [0.2, 0.25) is 0 Å². The molecule has 0 saturated carbocycles. The third-order valence-corrected chi connectivity index (χ3v) is 5.57. The lowest BCUT2D eigenvalue weighted by atomic mass is 10.2. The average Bonchev–Trinajstić information content (AvgIpc) is 2.90. The standard InChI is InChI=1S/C18H17ClN2O5S/c1-11(18(22)26-10-12-9-13(19)7-8-15(12)25-2)20-17-14-5-3-4-6-16(14)27(23,24)21-17/h3-9,11H,10H2,1-2H3,(H,20,21)/t11-/m0/s1. The molecule has 142 valence electrons. The van der Waals surface area contributed by atoms with E-state index in [0.717, 1.165) is 0 Å². The minimum absolute atomic E-state index is 0.0416. The Morgan fingerprint density at radius 2 is 2.00 bits per heavy atom. The Hall–Kier alpha value is -2.58. The van der Waals surface area contributed by atoms with Crippen molar-refractivity contribution in [3.8, 4) is 5.75 Å². The van der Waals surface area contributed by atoms with Gasteiger partial charge in [0.25, 0.3) is 10.0 Å². The first-order valence-electron chi connectivity index (χ1n) is 8.01. The van der Waals surface area contributed by atoms with E-state index in [1.165, 1.54) is 20.1 Å². The van der Waals surface area contributed by atoms with Crippen LogP contribution in [0.1, 0.15) is 18.1 Å². The summed E-state index contributed by atoms with van der Waals surface area (Å²) in [5.41, 5.74) is 1.04. The van der Waals surface area contributed by atoms with Gasteiger partial charge in [-0.2, -0.15) is 0 Å².